The maximum absolute atomic E-state index is 12.4. The Morgan fingerprint density at radius 1 is 1.11 bits per heavy atom. The number of nitrogen functional groups attached to an aromatic ring is 1. The van der Waals surface area contributed by atoms with Crippen LogP contribution >= 0.6 is 0 Å². The standard InChI is InChI=1S/C10H14F3N4.C7H8O3S/c11-10(12,13)8-1-2-9(17(14)7-8)16-5-3-15-4-6-16;1-6-2-4-7(5-3-6)11(8,9)10/h1-2,7,15H,3-6,14H2;2-5H,1H3,(H,8,9,10)/q+1;/p-1. The predicted octanol–water partition coefficient (Wildman–Crippen LogP) is 1.02. The van der Waals surface area contributed by atoms with Gasteiger partial charge in [0.05, 0.1) is 23.5 Å². The van der Waals surface area contributed by atoms with Crippen LogP contribution in [0.1, 0.15) is 11.1 Å². The lowest BCUT2D eigenvalue weighted by Gasteiger charge is -2.23. The molecule has 154 valence electrons. The third-order valence-electron chi connectivity index (χ3n) is 4.03. The molecule has 0 spiro atoms. The number of benzene rings is 1. The number of pyridine rings is 1. The second kappa shape index (κ2) is 8.76. The maximum atomic E-state index is 12.4. The zero-order valence-electron chi connectivity index (χ0n) is 15.1. The molecule has 3 rings (SSSR count). The van der Waals surface area contributed by atoms with Gasteiger partial charge in [0.2, 0.25) is 0 Å². The molecule has 0 atom stereocenters. The first-order chi connectivity index (χ1) is 13.0. The molecule has 0 radical (unpaired) electrons. The number of hydrogen-bond acceptors (Lipinski definition) is 6. The Morgan fingerprint density at radius 2 is 1.68 bits per heavy atom. The summed E-state index contributed by atoms with van der Waals surface area (Å²) in [6.45, 7) is 4.91. The van der Waals surface area contributed by atoms with Crippen LogP contribution in [0, 0.1) is 6.92 Å². The lowest BCUT2D eigenvalue weighted by Crippen LogP contribution is -2.54. The first kappa shape index (κ1) is 21.9. The van der Waals surface area contributed by atoms with E-state index in [9.17, 15) is 26.1 Å². The van der Waals surface area contributed by atoms with E-state index in [0.29, 0.717) is 5.82 Å². The Bertz CT molecular complexity index is 897. The number of rotatable bonds is 2. The Kier molecular flexibility index (Phi) is 6.86. The molecule has 0 aliphatic carbocycles. The summed E-state index contributed by atoms with van der Waals surface area (Å²) in [7, 11) is -4.27. The van der Waals surface area contributed by atoms with E-state index >= 15 is 0 Å². The largest absolute Gasteiger partial charge is 0.744 e. The molecule has 1 saturated heterocycles. The van der Waals surface area contributed by atoms with Crippen LogP contribution in [0.5, 0.6) is 0 Å². The van der Waals surface area contributed by atoms with Gasteiger partial charge in [0.25, 0.3) is 5.82 Å². The van der Waals surface area contributed by atoms with E-state index in [0.717, 1.165) is 48.7 Å². The van der Waals surface area contributed by atoms with Crippen molar-refractivity contribution in [3.05, 3.63) is 53.7 Å². The zero-order chi connectivity index (χ0) is 20.9. The Balaban J connectivity index is 0.000000221. The number of nitrogens with one attached hydrogen (secondary N) is 1. The molecule has 2 aromatic rings. The number of nitrogens with zero attached hydrogens (tertiary/aromatic N) is 2. The van der Waals surface area contributed by atoms with Crippen molar-refractivity contribution < 1.29 is 30.8 Å². The summed E-state index contributed by atoms with van der Waals surface area (Å²) >= 11 is 0. The van der Waals surface area contributed by atoms with E-state index in [-0.39, 0.29) is 4.90 Å². The second-order valence-electron chi connectivity index (χ2n) is 6.19. The SMILES string of the molecule is Cc1ccc(S(=O)(=O)[O-])cc1.N[n+]1cc(C(F)(F)F)ccc1N1CCNCC1. The van der Waals surface area contributed by atoms with Crippen molar-refractivity contribution in [1.29, 1.82) is 0 Å². The monoisotopic (exact) mass is 418 g/mol. The Labute approximate surface area is 161 Å². The number of hydrogen-bond donors (Lipinski definition) is 2. The Morgan fingerprint density at radius 3 is 2.14 bits per heavy atom. The minimum Gasteiger partial charge on any atom is -0.744 e. The van der Waals surface area contributed by atoms with Crippen molar-refractivity contribution in [2.45, 2.75) is 18.0 Å². The summed E-state index contributed by atoms with van der Waals surface area (Å²) < 4.78 is 69.5. The summed E-state index contributed by atoms with van der Waals surface area (Å²) in [5, 5.41) is 3.17. The lowest BCUT2D eigenvalue weighted by molar-refractivity contribution is -0.627. The van der Waals surface area contributed by atoms with Crippen LogP contribution in [-0.4, -0.2) is 39.1 Å². The highest BCUT2D eigenvalue weighted by Gasteiger charge is 2.33. The topological polar surface area (TPSA) is 102 Å². The van der Waals surface area contributed by atoms with E-state index in [2.05, 4.69) is 5.32 Å². The number of aryl methyl sites for hydroxylation is 1. The minimum atomic E-state index is -4.36. The van der Waals surface area contributed by atoms with Gasteiger partial charge in [0, 0.05) is 19.2 Å². The van der Waals surface area contributed by atoms with Gasteiger partial charge in [-0.15, -0.1) is 4.68 Å². The van der Waals surface area contributed by atoms with Crippen LogP contribution in [0.2, 0.25) is 0 Å². The molecule has 2 heterocycles. The van der Waals surface area contributed by atoms with Crippen LogP contribution in [0.4, 0.5) is 19.0 Å². The molecule has 3 N–H and O–H groups in total. The molecule has 1 aromatic heterocycles. The van der Waals surface area contributed by atoms with E-state index in [4.69, 9.17) is 5.84 Å². The average Bonchev–Trinajstić information content (AvgIpc) is 2.62. The van der Waals surface area contributed by atoms with Gasteiger partial charge in [0.1, 0.15) is 16.3 Å². The fraction of sp³-hybridized carbons (Fsp3) is 0.353. The van der Waals surface area contributed by atoms with Crippen LogP contribution in [0.25, 0.3) is 0 Å². The molecule has 11 heteroatoms. The first-order valence-corrected chi connectivity index (χ1v) is 9.75. The van der Waals surface area contributed by atoms with Crippen LogP contribution in [0.15, 0.2) is 47.5 Å². The number of aromatic nitrogens is 1. The number of alkyl halides is 3. The zero-order valence-corrected chi connectivity index (χ0v) is 15.9. The Hall–Kier alpha value is -2.37. The third kappa shape index (κ3) is 6.08. The predicted molar refractivity (Wildman–Crippen MR) is 96.0 cm³/mol. The van der Waals surface area contributed by atoms with Gasteiger partial charge in [0.15, 0.2) is 0 Å². The smallest absolute Gasteiger partial charge is 0.419 e. The quantitative estimate of drug-likeness (QED) is 0.429. The molecule has 0 bridgehead atoms. The molecule has 1 aliphatic heterocycles. The van der Waals surface area contributed by atoms with E-state index in [1.54, 1.807) is 12.1 Å². The molecular formula is C17H21F3N4O3S. The van der Waals surface area contributed by atoms with Crippen molar-refractivity contribution in [3.63, 3.8) is 0 Å². The molecule has 28 heavy (non-hydrogen) atoms. The van der Waals surface area contributed by atoms with Crippen molar-refractivity contribution in [2.75, 3.05) is 36.9 Å². The maximum Gasteiger partial charge on any atom is 0.419 e. The summed E-state index contributed by atoms with van der Waals surface area (Å²) in [6.07, 6.45) is -3.44. The second-order valence-corrected chi connectivity index (χ2v) is 7.56. The van der Waals surface area contributed by atoms with Crippen molar-refractivity contribution >= 4 is 15.9 Å². The van der Waals surface area contributed by atoms with Gasteiger partial charge < -0.3 is 9.87 Å². The summed E-state index contributed by atoms with van der Waals surface area (Å²) in [4.78, 5) is 1.78. The van der Waals surface area contributed by atoms with Gasteiger partial charge in [-0.1, -0.05) is 17.7 Å². The molecule has 0 saturated carbocycles. The highest BCUT2D eigenvalue weighted by atomic mass is 32.2. The summed E-state index contributed by atoms with van der Waals surface area (Å²) in [5.41, 5.74) is 0.191. The van der Waals surface area contributed by atoms with Gasteiger partial charge in [-0.3, -0.25) is 10.7 Å². The molecule has 0 amide bonds. The fourth-order valence-electron chi connectivity index (χ4n) is 2.54. The highest BCUT2D eigenvalue weighted by Crippen LogP contribution is 2.28. The van der Waals surface area contributed by atoms with Gasteiger partial charge in [-0.25, -0.2) is 8.42 Å². The summed E-state index contributed by atoms with van der Waals surface area (Å²) in [6, 6.07) is 8.25. The third-order valence-corrected chi connectivity index (χ3v) is 4.88. The van der Waals surface area contributed by atoms with Gasteiger partial charge in [-0.05, 0) is 25.1 Å². The number of halogens is 3. The fourth-order valence-corrected chi connectivity index (χ4v) is 3.01. The van der Waals surface area contributed by atoms with Crippen LogP contribution < -0.4 is 20.7 Å². The molecule has 1 aliphatic rings. The van der Waals surface area contributed by atoms with Crippen LogP contribution in [-0.2, 0) is 16.3 Å². The lowest BCUT2D eigenvalue weighted by atomic mass is 10.2. The van der Waals surface area contributed by atoms with Crippen molar-refractivity contribution in [3.8, 4) is 0 Å². The molecular weight excluding hydrogens is 397 g/mol. The molecule has 1 aromatic carbocycles. The normalized spacial score (nSPS) is 15.0. The molecule has 7 nitrogen and oxygen atoms in total. The van der Waals surface area contributed by atoms with Gasteiger partial charge >= 0.3 is 6.18 Å². The van der Waals surface area contributed by atoms with Crippen molar-refractivity contribution in [2.24, 2.45) is 0 Å². The minimum absolute atomic E-state index is 0.178. The summed E-state index contributed by atoms with van der Waals surface area (Å²) in [5.74, 6) is 6.20. The number of piperazine rings is 1. The molecule has 0 unspecified atom stereocenters. The number of nitrogens with two attached hydrogens (primary N) is 1. The van der Waals surface area contributed by atoms with Crippen molar-refractivity contribution in [1.82, 2.24) is 5.32 Å². The van der Waals surface area contributed by atoms with Gasteiger partial charge in [-0.2, -0.15) is 13.2 Å². The van der Waals surface area contributed by atoms with E-state index < -0.39 is 21.9 Å². The molecule has 1 fully saturated rings. The van der Waals surface area contributed by atoms with E-state index in [1.807, 2.05) is 11.8 Å². The highest BCUT2D eigenvalue weighted by molar-refractivity contribution is 7.85. The number of anilines is 1. The first-order valence-electron chi connectivity index (χ1n) is 8.34. The van der Waals surface area contributed by atoms with E-state index in [1.165, 1.54) is 18.2 Å². The average molecular weight is 418 g/mol. The van der Waals surface area contributed by atoms with Crippen LogP contribution in [0.3, 0.4) is 0 Å².